The minimum Gasteiger partial charge on any atom is -0.492 e. The average molecular weight is 400 g/mol. The lowest BCUT2D eigenvalue weighted by Crippen LogP contribution is -2.37. The van der Waals surface area contributed by atoms with Gasteiger partial charge in [0.05, 0.1) is 11.5 Å². The van der Waals surface area contributed by atoms with E-state index in [1.54, 1.807) is 11.1 Å². The van der Waals surface area contributed by atoms with Gasteiger partial charge in [-0.3, -0.25) is 4.90 Å². The maximum Gasteiger partial charge on any atom is 0.133 e. The maximum atomic E-state index is 6.20. The van der Waals surface area contributed by atoms with Gasteiger partial charge in [-0.1, -0.05) is 37.3 Å². The summed E-state index contributed by atoms with van der Waals surface area (Å²) in [6.07, 6.45) is 4.72. The number of thioether (sulfide) groups is 2. The molecule has 0 N–H and O–H groups in total. The largest absolute Gasteiger partial charge is 0.492 e. The Balaban J connectivity index is 1.30. The zero-order chi connectivity index (χ0) is 18.5. The van der Waals surface area contributed by atoms with E-state index in [4.69, 9.17) is 4.74 Å². The molecule has 144 valence electrons. The van der Waals surface area contributed by atoms with Crippen LogP contribution in [0, 0.1) is 0 Å². The summed E-state index contributed by atoms with van der Waals surface area (Å²) < 4.78 is 6.20. The predicted molar refractivity (Wildman–Crippen MR) is 118 cm³/mol. The molecule has 0 saturated heterocycles. The van der Waals surface area contributed by atoms with Crippen molar-refractivity contribution in [1.82, 2.24) is 4.90 Å². The van der Waals surface area contributed by atoms with E-state index in [9.17, 15) is 0 Å². The lowest BCUT2D eigenvalue weighted by molar-refractivity contribution is 0.181. The molecule has 2 aromatic rings. The Hall–Kier alpha value is -1.10. The second kappa shape index (κ2) is 9.40. The van der Waals surface area contributed by atoms with Crippen LogP contribution in [0.15, 0.2) is 52.3 Å². The lowest BCUT2D eigenvalue weighted by atomic mass is 10.1. The lowest BCUT2D eigenvalue weighted by Gasteiger charge is -2.28. The number of hydrogen-bond donors (Lipinski definition) is 0. The first kappa shape index (κ1) is 19.2. The van der Waals surface area contributed by atoms with Crippen LogP contribution in [-0.2, 0) is 12.8 Å². The first-order valence-electron chi connectivity index (χ1n) is 10.2. The van der Waals surface area contributed by atoms with E-state index < -0.39 is 0 Å². The smallest absolute Gasteiger partial charge is 0.133 e. The fourth-order valence-corrected chi connectivity index (χ4v) is 6.50. The number of fused-ring (bicyclic) bond motifs is 2. The molecular formula is C23H29NOS2. The molecule has 2 aliphatic rings. The van der Waals surface area contributed by atoms with Gasteiger partial charge in [0, 0.05) is 29.0 Å². The summed E-state index contributed by atoms with van der Waals surface area (Å²) in [5.74, 6) is 3.47. The van der Waals surface area contributed by atoms with Crippen molar-refractivity contribution in [1.29, 1.82) is 0 Å². The van der Waals surface area contributed by atoms with Gasteiger partial charge >= 0.3 is 0 Å². The highest BCUT2D eigenvalue weighted by atomic mass is 32.2. The van der Waals surface area contributed by atoms with Gasteiger partial charge in [-0.05, 0) is 55.5 Å². The maximum absolute atomic E-state index is 6.20. The molecule has 27 heavy (non-hydrogen) atoms. The molecule has 2 aromatic carbocycles. The van der Waals surface area contributed by atoms with Gasteiger partial charge in [-0.15, -0.1) is 23.5 Å². The van der Waals surface area contributed by atoms with Gasteiger partial charge in [-0.2, -0.15) is 0 Å². The third-order valence-corrected chi connectivity index (χ3v) is 8.00. The van der Waals surface area contributed by atoms with Gasteiger partial charge in [-0.25, -0.2) is 0 Å². The zero-order valence-electron chi connectivity index (χ0n) is 16.2. The molecule has 4 heteroatoms. The van der Waals surface area contributed by atoms with Crippen molar-refractivity contribution < 1.29 is 4.74 Å². The summed E-state index contributed by atoms with van der Waals surface area (Å²) in [7, 11) is 0. The van der Waals surface area contributed by atoms with E-state index in [-0.39, 0.29) is 0 Å². The van der Waals surface area contributed by atoms with Crippen LogP contribution in [0.5, 0.6) is 5.75 Å². The van der Waals surface area contributed by atoms with E-state index in [0.717, 1.165) is 25.3 Å². The van der Waals surface area contributed by atoms with Gasteiger partial charge in [0.2, 0.25) is 0 Å². The normalized spacial score (nSPS) is 16.4. The van der Waals surface area contributed by atoms with Crippen molar-refractivity contribution in [3.63, 3.8) is 0 Å². The second-order valence-corrected chi connectivity index (χ2v) is 9.59. The van der Waals surface area contributed by atoms with Crippen LogP contribution in [0.4, 0.5) is 0 Å². The Bertz CT molecular complexity index is 739. The first-order chi connectivity index (χ1) is 13.3. The van der Waals surface area contributed by atoms with Crippen molar-refractivity contribution in [2.45, 2.75) is 48.4 Å². The molecule has 0 unspecified atom stereocenters. The molecule has 0 radical (unpaired) electrons. The van der Waals surface area contributed by atoms with E-state index in [1.807, 2.05) is 23.5 Å². The molecule has 4 rings (SSSR count). The highest BCUT2D eigenvalue weighted by molar-refractivity contribution is 8.05. The third-order valence-electron chi connectivity index (χ3n) is 5.43. The molecular weight excluding hydrogens is 370 g/mol. The molecule has 0 saturated carbocycles. The summed E-state index contributed by atoms with van der Waals surface area (Å²) in [5.41, 5.74) is 3.09. The molecule has 0 spiro atoms. The second-order valence-electron chi connectivity index (χ2n) is 7.35. The highest BCUT2D eigenvalue weighted by Crippen LogP contribution is 2.42. The van der Waals surface area contributed by atoms with Crippen molar-refractivity contribution in [3.8, 4) is 5.75 Å². The molecule has 0 fully saturated rings. The summed E-state index contributed by atoms with van der Waals surface area (Å²) >= 11 is 3.90. The van der Waals surface area contributed by atoms with Crippen LogP contribution in [0.2, 0.25) is 0 Å². The molecule has 1 aliphatic heterocycles. The van der Waals surface area contributed by atoms with Crippen molar-refractivity contribution in [2.75, 3.05) is 31.2 Å². The molecule has 0 atom stereocenters. The van der Waals surface area contributed by atoms with Crippen molar-refractivity contribution in [2.24, 2.45) is 0 Å². The predicted octanol–water partition coefficient (Wildman–Crippen LogP) is 5.53. The number of benzene rings is 2. The van der Waals surface area contributed by atoms with Crippen molar-refractivity contribution >= 4 is 23.5 Å². The molecule has 0 aromatic heterocycles. The molecule has 1 heterocycles. The number of hydrogen-bond acceptors (Lipinski definition) is 4. The Labute approximate surface area is 172 Å². The zero-order valence-corrected chi connectivity index (χ0v) is 17.8. The van der Waals surface area contributed by atoms with Crippen LogP contribution in [0.25, 0.3) is 0 Å². The minimum atomic E-state index is 0.666. The van der Waals surface area contributed by atoms with Crippen molar-refractivity contribution in [3.05, 3.63) is 53.6 Å². The van der Waals surface area contributed by atoms with E-state index in [1.165, 1.54) is 47.1 Å². The van der Waals surface area contributed by atoms with E-state index in [2.05, 4.69) is 54.3 Å². The quantitative estimate of drug-likeness (QED) is 0.541. The Morgan fingerprint density at radius 2 is 1.74 bits per heavy atom. The number of rotatable bonds is 8. The molecule has 2 nitrogen and oxygen atoms in total. The third kappa shape index (κ3) is 4.67. The summed E-state index contributed by atoms with van der Waals surface area (Å²) in [5, 5.41) is 0. The fourth-order valence-electron chi connectivity index (χ4n) is 4.17. The SMILES string of the molecule is CCCN(CCCOc1cccc2c1SCCS2)C1Cc2ccccc2C1. The van der Waals surface area contributed by atoms with Crippen LogP contribution in [0.3, 0.4) is 0 Å². The van der Waals surface area contributed by atoms with Gasteiger partial charge < -0.3 is 4.74 Å². The summed E-state index contributed by atoms with van der Waals surface area (Å²) in [6, 6.07) is 16.1. The topological polar surface area (TPSA) is 12.5 Å². The Kier molecular flexibility index (Phi) is 6.69. The number of ether oxygens (including phenoxy) is 1. The van der Waals surface area contributed by atoms with E-state index >= 15 is 0 Å². The highest BCUT2D eigenvalue weighted by Gasteiger charge is 2.25. The Morgan fingerprint density at radius 1 is 0.963 bits per heavy atom. The minimum absolute atomic E-state index is 0.666. The van der Waals surface area contributed by atoms with E-state index in [0.29, 0.717) is 6.04 Å². The van der Waals surface area contributed by atoms with Gasteiger partial charge in [0.25, 0.3) is 0 Å². The average Bonchev–Trinajstić information content (AvgIpc) is 3.14. The van der Waals surface area contributed by atoms with Gasteiger partial charge in [0.15, 0.2) is 0 Å². The summed E-state index contributed by atoms with van der Waals surface area (Å²) in [6.45, 7) is 5.41. The summed E-state index contributed by atoms with van der Waals surface area (Å²) in [4.78, 5) is 5.43. The molecule has 0 amide bonds. The van der Waals surface area contributed by atoms with Crippen LogP contribution < -0.4 is 4.74 Å². The number of nitrogens with zero attached hydrogens (tertiary/aromatic N) is 1. The monoisotopic (exact) mass is 399 g/mol. The molecule has 1 aliphatic carbocycles. The fraction of sp³-hybridized carbons (Fsp3) is 0.478. The standard InChI is InChI=1S/C23H29NOS2/c1-2-11-24(20-16-18-7-3-4-8-19(18)17-20)12-6-13-25-21-9-5-10-22-23(21)27-15-14-26-22/h3-5,7-10,20H,2,6,11-17H2,1H3. The Morgan fingerprint density at radius 3 is 2.52 bits per heavy atom. The molecule has 0 bridgehead atoms. The van der Waals surface area contributed by atoms with Crippen LogP contribution in [-0.4, -0.2) is 42.1 Å². The van der Waals surface area contributed by atoms with Gasteiger partial charge in [0.1, 0.15) is 5.75 Å². The van der Waals surface area contributed by atoms with Crippen LogP contribution >= 0.6 is 23.5 Å². The van der Waals surface area contributed by atoms with Crippen LogP contribution in [0.1, 0.15) is 30.9 Å². The first-order valence-corrected chi connectivity index (χ1v) is 12.1.